The van der Waals surface area contributed by atoms with E-state index in [1.807, 2.05) is 0 Å². The van der Waals surface area contributed by atoms with Crippen molar-refractivity contribution in [3.63, 3.8) is 0 Å². The van der Waals surface area contributed by atoms with E-state index in [1.54, 1.807) is 0 Å². The van der Waals surface area contributed by atoms with Crippen molar-refractivity contribution in [2.24, 2.45) is 0 Å². The molecule has 226 valence electrons. The van der Waals surface area contributed by atoms with E-state index in [1.165, 1.54) is 89.4 Å². The Balaban J connectivity index is 1.74. The SMILES string of the molecule is Cc1cccc(-c2cc([C+](c3ccccc3)c3ccccc3)c(-c3cccc(C)c3)c(-c3cccc(C)c3)c2-c2cccc(C)c2)c1. The summed E-state index contributed by atoms with van der Waals surface area (Å²) in [5, 5.41) is 0. The van der Waals surface area contributed by atoms with Crippen LogP contribution in [-0.4, -0.2) is 0 Å². The third kappa shape index (κ3) is 6.16. The quantitative estimate of drug-likeness (QED) is 0.126. The fraction of sp³-hybridized carbons (Fsp3) is 0.0851. The van der Waals surface area contributed by atoms with Crippen LogP contribution < -0.4 is 0 Å². The summed E-state index contributed by atoms with van der Waals surface area (Å²) >= 11 is 0. The molecule has 7 aromatic carbocycles. The Kier molecular flexibility index (Phi) is 8.34. The zero-order valence-electron chi connectivity index (χ0n) is 27.6. The van der Waals surface area contributed by atoms with E-state index in [2.05, 4.69) is 191 Å². The Bertz CT molecular complexity index is 2130. The first-order chi connectivity index (χ1) is 23.0. The maximum Gasteiger partial charge on any atom is 0.0638 e. The highest BCUT2D eigenvalue weighted by Gasteiger charge is 2.32. The molecule has 0 fully saturated rings. The fourth-order valence-electron chi connectivity index (χ4n) is 6.90. The van der Waals surface area contributed by atoms with Gasteiger partial charge in [-0.2, -0.15) is 0 Å². The van der Waals surface area contributed by atoms with Crippen LogP contribution in [0.4, 0.5) is 0 Å². The van der Waals surface area contributed by atoms with Gasteiger partial charge in [-0.15, -0.1) is 0 Å². The molecule has 0 atom stereocenters. The molecule has 0 heteroatoms. The Labute approximate surface area is 280 Å². The molecule has 7 aromatic rings. The molecule has 0 saturated carbocycles. The van der Waals surface area contributed by atoms with Crippen LogP contribution in [0.25, 0.3) is 44.5 Å². The summed E-state index contributed by atoms with van der Waals surface area (Å²) in [7, 11) is 0. The zero-order chi connectivity index (χ0) is 32.3. The van der Waals surface area contributed by atoms with Crippen molar-refractivity contribution in [3.05, 3.63) is 209 Å². The summed E-state index contributed by atoms with van der Waals surface area (Å²) in [6, 6.07) is 60.3. The van der Waals surface area contributed by atoms with Crippen LogP contribution in [0.1, 0.15) is 38.9 Å². The molecule has 0 radical (unpaired) electrons. The minimum absolute atomic E-state index is 1.20. The van der Waals surface area contributed by atoms with Gasteiger partial charge in [0.2, 0.25) is 0 Å². The van der Waals surface area contributed by atoms with Crippen LogP contribution in [0.5, 0.6) is 0 Å². The smallest absolute Gasteiger partial charge is 0.0614 e. The predicted molar refractivity (Wildman–Crippen MR) is 201 cm³/mol. The van der Waals surface area contributed by atoms with Crippen molar-refractivity contribution in [2.75, 3.05) is 0 Å². The van der Waals surface area contributed by atoms with Gasteiger partial charge in [-0.3, -0.25) is 0 Å². The number of benzene rings is 7. The number of hydrogen-bond donors (Lipinski definition) is 0. The highest BCUT2D eigenvalue weighted by Crippen LogP contribution is 2.51. The van der Waals surface area contributed by atoms with E-state index in [0.29, 0.717) is 0 Å². The normalized spacial score (nSPS) is 11.0. The van der Waals surface area contributed by atoms with Crippen molar-refractivity contribution in [2.45, 2.75) is 27.7 Å². The summed E-state index contributed by atoms with van der Waals surface area (Å²) < 4.78 is 0. The first-order valence-electron chi connectivity index (χ1n) is 16.4. The molecular weight excluding hydrogens is 565 g/mol. The summed E-state index contributed by atoms with van der Waals surface area (Å²) in [6.07, 6.45) is 0. The lowest BCUT2D eigenvalue weighted by Gasteiger charge is -2.25. The fourth-order valence-corrected chi connectivity index (χ4v) is 6.90. The van der Waals surface area contributed by atoms with Gasteiger partial charge in [0.1, 0.15) is 0 Å². The lowest BCUT2D eigenvalue weighted by atomic mass is 9.74. The third-order valence-corrected chi connectivity index (χ3v) is 8.97. The molecule has 0 aliphatic heterocycles. The maximum atomic E-state index is 2.47. The lowest BCUT2D eigenvalue weighted by Crippen LogP contribution is -2.09. The van der Waals surface area contributed by atoms with E-state index < -0.39 is 0 Å². The summed E-state index contributed by atoms with van der Waals surface area (Å²) in [5.41, 5.74) is 18.4. The van der Waals surface area contributed by atoms with Gasteiger partial charge in [0, 0.05) is 27.8 Å². The molecule has 0 saturated heterocycles. The van der Waals surface area contributed by atoms with Crippen LogP contribution in [0.15, 0.2) is 164 Å². The molecule has 47 heavy (non-hydrogen) atoms. The number of rotatable bonds is 7. The van der Waals surface area contributed by atoms with Gasteiger partial charge in [-0.25, -0.2) is 0 Å². The maximum absolute atomic E-state index is 2.47. The molecule has 0 nitrogen and oxygen atoms in total. The van der Waals surface area contributed by atoms with Crippen LogP contribution in [-0.2, 0) is 0 Å². The first kappa shape index (κ1) is 30.1. The number of aryl methyl sites for hydroxylation is 4. The molecule has 0 unspecified atom stereocenters. The van der Waals surface area contributed by atoms with Gasteiger partial charge in [0.15, 0.2) is 0 Å². The van der Waals surface area contributed by atoms with Crippen molar-refractivity contribution >= 4 is 0 Å². The summed E-state index contributed by atoms with van der Waals surface area (Å²) in [5.74, 6) is 1.22. The standard InChI is InChI=1S/C47H39/c1-32-15-11-23-38(27-32)42-31-43(44(36-19-7-5-8-20-36)37-21-9-6-10-22-37)46(40-25-13-17-34(3)29-40)47(41-26-14-18-35(4)30-41)45(42)39-24-12-16-33(2)28-39/h5-31H,1-4H3/q+1. The van der Waals surface area contributed by atoms with Crippen LogP contribution in [0.3, 0.4) is 0 Å². The summed E-state index contributed by atoms with van der Waals surface area (Å²) in [4.78, 5) is 0. The minimum atomic E-state index is 1.20. The van der Waals surface area contributed by atoms with Crippen LogP contribution in [0.2, 0.25) is 0 Å². The molecule has 7 rings (SSSR count). The van der Waals surface area contributed by atoms with Gasteiger partial charge in [0.05, 0.1) is 22.6 Å². The van der Waals surface area contributed by atoms with E-state index in [-0.39, 0.29) is 0 Å². The van der Waals surface area contributed by atoms with Crippen LogP contribution >= 0.6 is 0 Å². The first-order valence-corrected chi connectivity index (χ1v) is 16.4. The second-order valence-corrected chi connectivity index (χ2v) is 12.7. The Hall–Kier alpha value is -5.59. The molecule has 0 spiro atoms. The Morgan fingerprint density at radius 2 is 0.702 bits per heavy atom. The molecular formula is C47H39+. The monoisotopic (exact) mass is 603 g/mol. The Morgan fingerprint density at radius 1 is 0.319 bits per heavy atom. The van der Waals surface area contributed by atoms with Gasteiger partial charge < -0.3 is 0 Å². The van der Waals surface area contributed by atoms with E-state index in [9.17, 15) is 0 Å². The second kappa shape index (κ2) is 13.0. The molecule has 0 N–H and O–H groups in total. The van der Waals surface area contributed by atoms with Gasteiger partial charge in [-0.1, -0.05) is 119 Å². The molecule has 0 heterocycles. The average Bonchev–Trinajstić information content (AvgIpc) is 3.09. The van der Waals surface area contributed by atoms with E-state index in [0.717, 1.165) is 0 Å². The van der Waals surface area contributed by atoms with Gasteiger partial charge in [-0.05, 0) is 111 Å². The molecule has 0 aliphatic rings. The predicted octanol–water partition coefficient (Wildman–Crippen LogP) is 12.6. The van der Waals surface area contributed by atoms with E-state index in [4.69, 9.17) is 0 Å². The van der Waals surface area contributed by atoms with Crippen molar-refractivity contribution in [3.8, 4) is 44.5 Å². The molecule has 0 amide bonds. The Morgan fingerprint density at radius 3 is 1.15 bits per heavy atom. The highest BCUT2D eigenvalue weighted by molar-refractivity contribution is 6.04. The summed E-state index contributed by atoms with van der Waals surface area (Å²) in [6.45, 7) is 8.76. The number of hydrogen-bond acceptors (Lipinski definition) is 0. The van der Waals surface area contributed by atoms with E-state index >= 15 is 0 Å². The van der Waals surface area contributed by atoms with Crippen molar-refractivity contribution < 1.29 is 0 Å². The third-order valence-electron chi connectivity index (χ3n) is 8.97. The lowest BCUT2D eigenvalue weighted by molar-refractivity contribution is 1.23. The van der Waals surface area contributed by atoms with Crippen molar-refractivity contribution in [1.82, 2.24) is 0 Å². The minimum Gasteiger partial charge on any atom is -0.0614 e. The van der Waals surface area contributed by atoms with Crippen LogP contribution in [0, 0.1) is 33.6 Å². The molecule has 0 aromatic heterocycles. The van der Waals surface area contributed by atoms with Gasteiger partial charge >= 0.3 is 0 Å². The van der Waals surface area contributed by atoms with Crippen molar-refractivity contribution in [1.29, 1.82) is 0 Å². The highest BCUT2D eigenvalue weighted by atomic mass is 14.3. The zero-order valence-corrected chi connectivity index (χ0v) is 27.6. The molecule has 0 bridgehead atoms. The topological polar surface area (TPSA) is 0 Å². The second-order valence-electron chi connectivity index (χ2n) is 12.7. The average molecular weight is 604 g/mol. The largest absolute Gasteiger partial charge is 0.0638 e. The molecule has 0 aliphatic carbocycles. The van der Waals surface area contributed by atoms with Gasteiger partial charge in [0.25, 0.3) is 0 Å².